The fourth-order valence-corrected chi connectivity index (χ4v) is 1.65. The van der Waals surface area contributed by atoms with Crippen molar-refractivity contribution in [3.63, 3.8) is 0 Å². The van der Waals surface area contributed by atoms with Gasteiger partial charge in [-0.25, -0.2) is 4.98 Å². The number of nitrogens with zero attached hydrogens (tertiary/aromatic N) is 2. The van der Waals surface area contributed by atoms with Gasteiger partial charge in [-0.3, -0.25) is 4.40 Å². The lowest BCUT2D eigenvalue weighted by molar-refractivity contribution is 0.395. The van der Waals surface area contributed by atoms with E-state index in [-0.39, 0.29) is 0 Å². The van der Waals surface area contributed by atoms with Crippen molar-refractivity contribution in [2.45, 2.75) is 0 Å². The highest BCUT2D eigenvalue weighted by atomic mass is 32.1. The molecule has 0 saturated carbocycles. The summed E-state index contributed by atoms with van der Waals surface area (Å²) in [5, 5.41) is 1.93. The molecule has 0 bridgehead atoms. The normalized spacial score (nSPS) is 10.5. The average Bonchev–Trinajstić information content (AvgIpc) is 2.44. The number of hydrogen-bond donors (Lipinski definition) is 0. The second-order valence-electron chi connectivity index (χ2n) is 1.86. The van der Waals surface area contributed by atoms with Crippen LogP contribution in [0.3, 0.4) is 0 Å². The smallest absolute Gasteiger partial charge is 0.210 e. The van der Waals surface area contributed by atoms with E-state index in [4.69, 9.17) is 4.74 Å². The number of thiazole rings is 1. The van der Waals surface area contributed by atoms with Crippen LogP contribution in [0.25, 0.3) is 4.96 Å². The van der Waals surface area contributed by atoms with Gasteiger partial charge in [0.15, 0.2) is 4.96 Å². The zero-order valence-electron chi connectivity index (χ0n) is 5.44. The van der Waals surface area contributed by atoms with Crippen molar-refractivity contribution in [3.8, 4) is 5.88 Å². The zero-order chi connectivity index (χ0) is 6.97. The van der Waals surface area contributed by atoms with Crippen LogP contribution >= 0.6 is 11.3 Å². The minimum Gasteiger partial charge on any atom is -0.481 e. The van der Waals surface area contributed by atoms with Crippen LogP contribution in [0.15, 0.2) is 17.8 Å². The number of imidazole rings is 1. The Kier molecular flexibility index (Phi) is 1.14. The molecule has 0 saturated heterocycles. The van der Waals surface area contributed by atoms with Crippen molar-refractivity contribution in [3.05, 3.63) is 17.8 Å². The summed E-state index contributed by atoms with van der Waals surface area (Å²) in [7, 11) is 1.65. The van der Waals surface area contributed by atoms with Crippen molar-refractivity contribution in [1.29, 1.82) is 0 Å². The molecule has 0 aliphatic heterocycles. The Morgan fingerprint density at radius 1 is 1.70 bits per heavy atom. The Balaban J connectivity index is 2.76. The molecule has 0 amide bonds. The molecule has 52 valence electrons. The van der Waals surface area contributed by atoms with E-state index in [1.165, 1.54) is 0 Å². The van der Waals surface area contributed by atoms with E-state index in [0.717, 1.165) is 10.8 Å². The summed E-state index contributed by atoms with van der Waals surface area (Å²) >= 11 is 1.57. The number of hydrogen-bond acceptors (Lipinski definition) is 3. The third-order valence-electron chi connectivity index (χ3n) is 1.32. The van der Waals surface area contributed by atoms with E-state index in [1.54, 1.807) is 24.6 Å². The van der Waals surface area contributed by atoms with Gasteiger partial charge in [0.05, 0.1) is 12.5 Å². The van der Waals surface area contributed by atoms with E-state index >= 15 is 0 Å². The van der Waals surface area contributed by atoms with E-state index < -0.39 is 0 Å². The Bertz CT molecular complexity index is 338. The predicted octanol–water partition coefficient (Wildman–Crippen LogP) is 1.40. The molecule has 4 heteroatoms. The monoisotopic (exact) mass is 154 g/mol. The van der Waals surface area contributed by atoms with E-state index in [1.807, 2.05) is 16.0 Å². The van der Waals surface area contributed by atoms with Crippen molar-refractivity contribution in [2.75, 3.05) is 7.11 Å². The van der Waals surface area contributed by atoms with Crippen molar-refractivity contribution >= 4 is 16.3 Å². The van der Waals surface area contributed by atoms with Crippen LogP contribution in [0.1, 0.15) is 0 Å². The summed E-state index contributed by atoms with van der Waals surface area (Å²) in [4.78, 5) is 5.06. The first-order valence-electron chi connectivity index (χ1n) is 2.86. The quantitative estimate of drug-likeness (QED) is 0.620. The second-order valence-corrected chi connectivity index (χ2v) is 2.69. The Morgan fingerprint density at radius 2 is 2.60 bits per heavy atom. The maximum Gasteiger partial charge on any atom is 0.210 e. The molecule has 3 nitrogen and oxygen atoms in total. The highest BCUT2D eigenvalue weighted by molar-refractivity contribution is 7.15. The molecule has 0 fully saturated rings. The summed E-state index contributed by atoms with van der Waals surface area (Å²) in [6.07, 6.45) is 3.64. The first kappa shape index (κ1) is 5.73. The Morgan fingerprint density at radius 3 is 3.40 bits per heavy atom. The molecule has 0 aromatic carbocycles. The first-order chi connectivity index (χ1) is 4.92. The maximum absolute atomic E-state index is 5.06. The molecule has 0 aliphatic rings. The molecule has 0 radical (unpaired) electrons. The topological polar surface area (TPSA) is 26.5 Å². The van der Waals surface area contributed by atoms with E-state index in [2.05, 4.69) is 4.98 Å². The lowest BCUT2D eigenvalue weighted by Gasteiger charge is -1.92. The van der Waals surface area contributed by atoms with Crippen molar-refractivity contribution in [2.24, 2.45) is 0 Å². The van der Waals surface area contributed by atoms with Crippen molar-refractivity contribution in [1.82, 2.24) is 9.38 Å². The van der Waals surface area contributed by atoms with Crippen LogP contribution < -0.4 is 4.74 Å². The number of aromatic nitrogens is 2. The van der Waals surface area contributed by atoms with Crippen molar-refractivity contribution < 1.29 is 4.74 Å². The van der Waals surface area contributed by atoms with Gasteiger partial charge < -0.3 is 4.74 Å². The molecular formula is C6H6N2OS. The summed E-state index contributed by atoms with van der Waals surface area (Å²) in [5.41, 5.74) is 0. The minimum absolute atomic E-state index is 0.845. The van der Waals surface area contributed by atoms with Gasteiger partial charge in [-0.05, 0) is 0 Å². The molecule has 0 spiro atoms. The van der Waals surface area contributed by atoms with Crippen LogP contribution in [-0.2, 0) is 0 Å². The third kappa shape index (κ3) is 0.623. The highest BCUT2D eigenvalue weighted by Crippen LogP contribution is 2.19. The van der Waals surface area contributed by atoms with Crippen LogP contribution in [0, 0.1) is 0 Å². The number of rotatable bonds is 1. The first-order valence-corrected chi connectivity index (χ1v) is 3.74. The number of fused-ring (bicyclic) bond motifs is 1. The average molecular weight is 154 g/mol. The molecule has 0 aliphatic carbocycles. The van der Waals surface area contributed by atoms with Gasteiger partial charge in [0.1, 0.15) is 0 Å². The fraction of sp³-hybridized carbons (Fsp3) is 0.167. The molecule has 10 heavy (non-hydrogen) atoms. The van der Waals surface area contributed by atoms with E-state index in [9.17, 15) is 0 Å². The molecule has 2 aromatic rings. The summed E-state index contributed by atoms with van der Waals surface area (Å²) in [6.45, 7) is 0. The van der Waals surface area contributed by atoms with Gasteiger partial charge in [-0.15, -0.1) is 11.3 Å². The molecule has 0 atom stereocenters. The lowest BCUT2D eigenvalue weighted by atomic mass is 10.8. The molecule has 2 heterocycles. The van der Waals surface area contributed by atoms with Crippen LogP contribution in [-0.4, -0.2) is 16.5 Å². The fourth-order valence-electron chi connectivity index (χ4n) is 0.851. The summed E-state index contributed by atoms with van der Waals surface area (Å²) in [5.74, 6) is 0.845. The number of methoxy groups -OCH3 is 1. The van der Waals surface area contributed by atoms with Gasteiger partial charge >= 0.3 is 0 Å². The third-order valence-corrected chi connectivity index (χ3v) is 2.15. The summed E-state index contributed by atoms with van der Waals surface area (Å²) in [6, 6.07) is 0. The zero-order valence-corrected chi connectivity index (χ0v) is 6.26. The van der Waals surface area contributed by atoms with Crippen LogP contribution in [0.4, 0.5) is 0 Å². The van der Waals surface area contributed by atoms with Gasteiger partial charge in [0.25, 0.3) is 0 Å². The predicted molar refractivity (Wildman–Crippen MR) is 39.6 cm³/mol. The van der Waals surface area contributed by atoms with Gasteiger partial charge in [0, 0.05) is 12.4 Å². The molecule has 2 aromatic heterocycles. The molecule has 0 unspecified atom stereocenters. The Labute approximate surface area is 61.9 Å². The largest absolute Gasteiger partial charge is 0.481 e. The van der Waals surface area contributed by atoms with E-state index in [0.29, 0.717) is 0 Å². The minimum atomic E-state index is 0.845. The van der Waals surface area contributed by atoms with Gasteiger partial charge in [0.2, 0.25) is 5.88 Å². The molecular weight excluding hydrogens is 148 g/mol. The lowest BCUT2D eigenvalue weighted by Crippen LogP contribution is -1.85. The number of ether oxygens (including phenoxy) is 1. The maximum atomic E-state index is 5.06. The summed E-state index contributed by atoms with van der Waals surface area (Å²) < 4.78 is 6.97. The van der Waals surface area contributed by atoms with Gasteiger partial charge in [-0.1, -0.05) is 0 Å². The molecule has 0 N–H and O–H groups in total. The highest BCUT2D eigenvalue weighted by Gasteiger charge is 2.00. The second kappa shape index (κ2) is 1.98. The standard InChI is InChI=1S/C6H6N2OS/c1-9-5-4-10-6-7-2-3-8(5)6/h2-4H,1H3. The van der Waals surface area contributed by atoms with Gasteiger partial charge in [-0.2, -0.15) is 0 Å². The Hall–Kier alpha value is -1.03. The van der Waals surface area contributed by atoms with Crippen LogP contribution in [0.2, 0.25) is 0 Å². The van der Waals surface area contributed by atoms with Crippen LogP contribution in [0.5, 0.6) is 5.88 Å². The molecule has 2 rings (SSSR count). The SMILES string of the molecule is COc1csc2nccn12.